The van der Waals surface area contributed by atoms with Crippen LogP contribution in [0.2, 0.25) is 0 Å². The predicted molar refractivity (Wildman–Crippen MR) is 128 cm³/mol. The van der Waals surface area contributed by atoms with E-state index in [-0.39, 0.29) is 17.0 Å². The van der Waals surface area contributed by atoms with Crippen molar-refractivity contribution in [1.29, 1.82) is 0 Å². The monoisotopic (exact) mass is 440 g/mol. The Kier molecular flexibility index (Phi) is 8.13. The van der Waals surface area contributed by atoms with E-state index in [0.717, 1.165) is 29.5 Å². The highest BCUT2D eigenvalue weighted by Crippen LogP contribution is 2.58. The second-order valence-corrected chi connectivity index (χ2v) is 13.6. The molecule has 5 heteroatoms. The van der Waals surface area contributed by atoms with Gasteiger partial charge in [-0.3, -0.25) is 4.57 Å². The molecule has 0 radical (unpaired) electrons. The molecule has 0 atom stereocenters. The van der Waals surface area contributed by atoms with Crippen LogP contribution in [0.25, 0.3) is 0 Å². The lowest BCUT2D eigenvalue weighted by atomic mass is 9.78. The quantitative estimate of drug-likeness (QED) is 0.415. The predicted octanol–water partition coefficient (Wildman–Crippen LogP) is 8.09. The molecule has 1 rings (SSSR count). The Bertz CT molecular complexity index is 722. The Morgan fingerprint density at radius 3 is 1.37 bits per heavy atom. The van der Waals surface area contributed by atoms with Crippen LogP contribution in [0.1, 0.15) is 113 Å². The minimum Gasteiger partial charge on any atom is -0.507 e. The van der Waals surface area contributed by atoms with Crippen molar-refractivity contribution in [3.05, 3.63) is 28.8 Å². The number of rotatable bonds is 8. The average molecular weight is 441 g/mol. The number of aromatic hydroxyl groups is 1. The van der Waals surface area contributed by atoms with Gasteiger partial charge in [0.25, 0.3) is 0 Å². The van der Waals surface area contributed by atoms with Crippen LogP contribution >= 0.6 is 7.60 Å². The molecule has 1 aromatic rings. The fourth-order valence-corrected chi connectivity index (χ4v) is 5.68. The Morgan fingerprint density at radius 2 is 1.10 bits per heavy atom. The molecule has 4 nitrogen and oxygen atoms in total. The highest BCUT2D eigenvalue weighted by molar-refractivity contribution is 7.53. The lowest BCUT2D eigenvalue weighted by Gasteiger charge is -2.35. The highest BCUT2D eigenvalue weighted by Gasteiger charge is 2.38. The number of hydrogen-bond donors (Lipinski definition) is 1. The van der Waals surface area contributed by atoms with Crippen molar-refractivity contribution in [2.45, 2.75) is 124 Å². The summed E-state index contributed by atoms with van der Waals surface area (Å²) in [5, 5.41) is 11.0. The van der Waals surface area contributed by atoms with E-state index >= 15 is 0 Å². The normalized spacial score (nSPS) is 14.3. The van der Waals surface area contributed by atoms with Gasteiger partial charge in [-0.1, -0.05) is 67.5 Å². The molecule has 0 fully saturated rings. The first-order valence-corrected chi connectivity index (χ1v) is 12.9. The largest absolute Gasteiger partial charge is 0.507 e. The van der Waals surface area contributed by atoms with Gasteiger partial charge in [-0.2, -0.15) is 0 Å². The molecule has 0 spiro atoms. The standard InChI is InChI=1S/C25H45O4P/c1-13-24(9,10)28-30(27,29-25(11,12)14-2)17-18-15-19(22(3,4)5)21(26)20(16-18)23(6,7)8/h15-16,26H,13-14,17H2,1-12H3. The van der Waals surface area contributed by atoms with Gasteiger partial charge in [0.2, 0.25) is 0 Å². The third kappa shape index (κ3) is 7.39. The van der Waals surface area contributed by atoms with Crippen molar-refractivity contribution in [1.82, 2.24) is 0 Å². The average Bonchev–Trinajstić information content (AvgIpc) is 2.53. The number of phenols is 1. The molecule has 0 unspecified atom stereocenters. The maximum absolute atomic E-state index is 14.0. The summed E-state index contributed by atoms with van der Waals surface area (Å²) in [5.74, 6) is 0.318. The van der Waals surface area contributed by atoms with Crippen molar-refractivity contribution < 1.29 is 18.7 Å². The molecular weight excluding hydrogens is 395 g/mol. The van der Waals surface area contributed by atoms with Crippen molar-refractivity contribution in [3.8, 4) is 5.75 Å². The topological polar surface area (TPSA) is 55.8 Å². The molecular formula is C25H45O4P. The maximum atomic E-state index is 14.0. The molecule has 0 bridgehead atoms. The summed E-state index contributed by atoms with van der Waals surface area (Å²) in [4.78, 5) is 0. The van der Waals surface area contributed by atoms with Crippen molar-refractivity contribution in [2.75, 3.05) is 0 Å². The number of hydrogen-bond acceptors (Lipinski definition) is 4. The molecule has 0 amide bonds. The van der Waals surface area contributed by atoms with Crippen LogP contribution in [0.3, 0.4) is 0 Å². The zero-order valence-electron chi connectivity index (χ0n) is 21.4. The van der Waals surface area contributed by atoms with Gasteiger partial charge in [-0.15, -0.1) is 0 Å². The van der Waals surface area contributed by atoms with Gasteiger partial charge in [0, 0.05) is 0 Å². The van der Waals surface area contributed by atoms with E-state index in [2.05, 4.69) is 41.5 Å². The molecule has 174 valence electrons. The summed E-state index contributed by atoms with van der Waals surface area (Å²) < 4.78 is 26.4. The van der Waals surface area contributed by atoms with Gasteiger partial charge in [0.1, 0.15) is 5.75 Å². The van der Waals surface area contributed by atoms with Crippen LogP contribution in [0.5, 0.6) is 5.75 Å². The minimum atomic E-state index is -3.46. The second-order valence-electron chi connectivity index (χ2n) is 11.7. The summed E-state index contributed by atoms with van der Waals surface area (Å²) in [6.45, 7) is 24.3. The fourth-order valence-electron chi connectivity index (χ4n) is 3.12. The van der Waals surface area contributed by atoms with E-state index in [1.807, 2.05) is 53.7 Å². The van der Waals surface area contributed by atoms with E-state index in [0.29, 0.717) is 5.75 Å². The third-order valence-corrected chi connectivity index (χ3v) is 7.93. The molecule has 0 heterocycles. The molecule has 1 aromatic carbocycles. The molecule has 1 N–H and O–H groups in total. The fraction of sp³-hybridized carbons (Fsp3) is 0.760. The Hall–Kier alpha value is -0.830. The molecule has 0 saturated heterocycles. The summed E-state index contributed by atoms with van der Waals surface area (Å²) in [7, 11) is -3.46. The lowest BCUT2D eigenvalue weighted by molar-refractivity contribution is 0.0280. The molecule has 30 heavy (non-hydrogen) atoms. The van der Waals surface area contributed by atoms with E-state index in [4.69, 9.17) is 9.05 Å². The van der Waals surface area contributed by atoms with Gasteiger partial charge < -0.3 is 14.2 Å². The van der Waals surface area contributed by atoms with Crippen molar-refractivity contribution in [3.63, 3.8) is 0 Å². The lowest BCUT2D eigenvalue weighted by Crippen LogP contribution is -2.28. The van der Waals surface area contributed by atoms with E-state index in [9.17, 15) is 9.67 Å². The van der Waals surface area contributed by atoms with Crippen LogP contribution in [0, 0.1) is 0 Å². The summed E-state index contributed by atoms with van der Waals surface area (Å²) in [6, 6.07) is 3.92. The van der Waals surface area contributed by atoms with Gasteiger partial charge >= 0.3 is 7.60 Å². The van der Waals surface area contributed by atoms with E-state index < -0.39 is 18.8 Å². The molecule has 0 aliphatic rings. The Balaban J connectivity index is 3.60. The first-order chi connectivity index (χ1) is 13.3. The van der Waals surface area contributed by atoms with Crippen LogP contribution in [0.4, 0.5) is 0 Å². The third-order valence-electron chi connectivity index (χ3n) is 5.64. The number of benzene rings is 1. The molecule has 0 saturated carbocycles. The van der Waals surface area contributed by atoms with Gasteiger partial charge in [-0.25, -0.2) is 0 Å². The van der Waals surface area contributed by atoms with Crippen LogP contribution in [-0.4, -0.2) is 16.3 Å². The maximum Gasteiger partial charge on any atom is 0.336 e. The van der Waals surface area contributed by atoms with Gasteiger partial charge in [0.15, 0.2) is 0 Å². The van der Waals surface area contributed by atoms with Crippen LogP contribution in [0.15, 0.2) is 12.1 Å². The number of phenolic OH excluding ortho intramolecular Hbond substituents is 1. The van der Waals surface area contributed by atoms with E-state index in [1.165, 1.54) is 0 Å². The molecule has 0 aromatic heterocycles. The Labute approximate surface area is 185 Å². The Morgan fingerprint density at radius 1 is 0.767 bits per heavy atom. The summed E-state index contributed by atoms with van der Waals surface area (Å²) in [5.41, 5.74) is 0.937. The molecule has 0 aliphatic carbocycles. The van der Waals surface area contributed by atoms with Gasteiger partial charge in [0.05, 0.1) is 17.4 Å². The summed E-state index contributed by atoms with van der Waals surface area (Å²) in [6.07, 6.45) is 1.62. The van der Waals surface area contributed by atoms with Crippen LogP contribution in [-0.2, 0) is 30.6 Å². The van der Waals surface area contributed by atoms with Crippen molar-refractivity contribution in [2.24, 2.45) is 0 Å². The van der Waals surface area contributed by atoms with E-state index in [1.54, 1.807) is 0 Å². The summed E-state index contributed by atoms with van der Waals surface area (Å²) >= 11 is 0. The van der Waals surface area contributed by atoms with Crippen LogP contribution < -0.4 is 0 Å². The highest BCUT2D eigenvalue weighted by atomic mass is 31.2. The second kappa shape index (κ2) is 8.96. The first kappa shape index (κ1) is 27.2. The zero-order chi connectivity index (χ0) is 23.8. The minimum absolute atomic E-state index is 0.173. The first-order valence-electron chi connectivity index (χ1n) is 11.1. The van der Waals surface area contributed by atoms with Gasteiger partial charge in [-0.05, 0) is 68.1 Å². The smallest absolute Gasteiger partial charge is 0.336 e. The zero-order valence-corrected chi connectivity index (χ0v) is 22.3. The SMILES string of the molecule is CCC(C)(C)OP(=O)(Cc1cc(C(C)(C)C)c(O)c(C(C)(C)C)c1)OC(C)(C)CC. The van der Waals surface area contributed by atoms with Crippen molar-refractivity contribution >= 4 is 7.60 Å². The molecule has 0 aliphatic heterocycles.